The first-order valence-electron chi connectivity index (χ1n) is 39.5. The smallest absolute Gasteiger partial charge is 0.0713 e. The molecule has 0 saturated heterocycles. The van der Waals surface area contributed by atoms with E-state index in [2.05, 4.69) is 473 Å². The Kier molecular flexibility index (Phi) is 31.3. The summed E-state index contributed by atoms with van der Waals surface area (Å²) in [6.07, 6.45) is 0. The highest BCUT2D eigenvalue weighted by atomic mass is 14.5. The van der Waals surface area contributed by atoms with E-state index in [-0.39, 0.29) is 48.0 Å². The van der Waals surface area contributed by atoms with Gasteiger partial charge in [0.15, 0.2) is 0 Å². The quantitative estimate of drug-likeness (QED) is 0.151. The summed E-state index contributed by atoms with van der Waals surface area (Å²) in [5, 5.41) is 8.24. The molecule has 0 spiro atoms. The van der Waals surface area contributed by atoms with Crippen LogP contribution in [0.5, 0.6) is 0 Å². The maximum atomic E-state index is 2.38. The average Bonchev–Trinajstić information content (AvgIpc) is 1.54. The lowest BCUT2D eigenvalue weighted by Gasteiger charge is -2.34. The summed E-state index contributed by atoms with van der Waals surface area (Å²) in [5.74, 6) is 0. The second kappa shape index (κ2) is 40.7. The van der Waals surface area contributed by atoms with Gasteiger partial charge in [0.05, 0.1) is 5.41 Å². The van der Waals surface area contributed by atoms with Crippen LogP contribution in [0, 0.1) is 83.1 Å². The zero-order valence-electron chi connectivity index (χ0n) is 67.8. The molecule has 0 heterocycles. The van der Waals surface area contributed by atoms with Crippen molar-refractivity contribution in [3.8, 4) is 55.6 Å². The fourth-order valence-corrected chi connectivity index (χ4v) is 16.0. The van der Waals surface area contributed by atoms with E-state index in [0.717, 1.165) is 0 Å². The predicted molar refractivity (Wildman–Crippen MR) is 519 cm³/mol. The van der Waals surface area contributed by atoms with E-state index in [1.807, 2.05) is 0 Å². The van der Waals surface area contributed by atoms with Crippen molar-refractivity contribution in [2.24, 2.45) is 0 Å². The Morgan fingerprint density at radius 2 is 0.376 bits per heavy atom. The molecule has 17 aromatic carbocycles. The molecule has 592 valence electrons. The van der Waals surface area contributed by atoms with E-state index in [4.69, 9.17) is 0 Å². The van der Waals surface area contributed by atoms with E-state index in [9.17, 15) is 0 Å². The van der Waals surface area contributed by atoms with Crippen LogP contribution in [0.3, 0.4) is 0 Å². The Morgan fingerprint density at radius 3 is 0.650 bits per heavy atom. The maximum Gasteiger partial charge on any atom is 0.0713 e. The van der Waals surface area contributed by atoms with Crippen LogP contribution in [0.1, 0.15) is 151 Å². The molecule has 0 aliphatic heterocycles. The third-order valence-corrected chi connectivity index (χ3v) is 22.5. The fraction of sp³-hybridized carbons (Fsp3) is 0.179. The molecule has 17 aromatic rings. The molecule has 0 aromatic heterocycles. The molecular weight excluding hydrogens is 1410 g/mol. The largest absolute Gasteiger partial charge is 0.0776 e. The third kappa shape index (κ3) is 20.3. The van der Waals surface area contributed by atoms with Crippen molar-refractivity contribution in [2.75, 3.05) is 0 Å². The van der Waals surface area contributed by atoms with Gasteiger partial charge >= 0.3 is 0 Å². The Hall–Kier alpha value is -12.5. The number of rotatable bonds is 5. The van der Waals surface area contributed by atoms with Crippen LogP contribution >= 0.6 is 0 Å². The lowest BCUT2D eigenvalue weighted by Crippen LogP contribution is -2.28. The molecule has 0 N–H and O–H groups in total. The molecule has 0 radical (unpaired) electrons. The fourth-order valence-electron chi connectivity index (χ4n) is 16.0. The normalized spacial score (nSPS) is 11.5. The second-order valence-corrected chi connectivity index (χ2v) is 31.1. The minimum absolute atomic E-state index is 0. The maximum absolute atomic E-state index is 2.38. The molecule has 2 aliphatic carbocycles. The van der Waals surface area contributed by atoms with Crippen molar-refractivity contribution in [2.45, 2.75) is 145 Å². The van der Waals surface area contributed by atoms with Crippen molar-refractivity contribution in [3.63, 3.8) is 0 Å². The summed E-state index contributed by atoms with van der Waals surface area (Å²) in [5.41, 5.74) is 37.3. The van der Waals surface area contributed by atoms with Crippen molar-refractivity contribution in [1.29, 1.82) is 0 Å². The molecule has 19 rings (SSSR count). The Balaban J connectivity index is 0.000000173. The van der Waals surface area contributed by atoms with Gasteiger partial charge in [0.1, 0.15) is 0 Å². The van der Waals surface area contributed by atoms with E-state index >= 15 is 0 Å². The lowest BCUT2D eigenvalue weighted by atomic mass is 9.67. The summed E-state index contributed by atoms with van der Waals surface area (Å²) in [4.78, 5) is 0. The first kappa shape index (κ1) is 90.1. The summed E-state index contributed by atoms with van der Waals surface area (Å²) < 4.78 is 0. The van der Waals surface area contributed by atoms with Gasteiger partial charge in [-0.05, 0) is 227 Å². The Labute approximate surface area is 704 Å². The number of fused-ring (bicyclic) bond motifs is 9. The van der Waals surface area contributed by atoms with Gasteiger partial charge in [-0.25, -0.2) is 0 Å². The van der Waals surface area contributed by atoms with Crippen molar-refractivity contribution in [1.82, 2.24) is 0 Å². The molecule has 117 heavy (non-hydrogen) atoms. The van der Waals surface area contributed by atoms with Gasteiger partial charge in [-0.15, -0.1) is 0 Å². The zero-order valence-corrected chi connectivity index (χ0v) is 67.8. The Bertz CT molecular complexity index is 5590. The lowest BCUT2D eigenvalue weighted by molar-refractivity contribution is 0.660. The van der Waals surface area contributed by atoms with Gasteiger partial charge in [-0.2, -0.15) is 0 Å². The van der Waals surface area contributed by atoms with Crippen LogP contribution in [0.2, 0.25) is 0 Å². The summed E-state index contributed by atoms with van der Waals surface area (Å²) in [6, 6.07) is 135. The molecular formula is C117H124. The van der Waals surface area contributed by atoms with Crippen LogP contribution in [0.15, 0.2) is 376 Å². The summed E-state index contributed by atoms with van der Waals surface area (Å²) in [7, 11) is 0. The molecule has 2 aliphatic rings. The summed E-state index contributed by atoms with van der Waals surface area (Å²) in [6.45, 7) is 30.4. The standard InChI is InChI=1S/C27H22.C20H18.C16H14.C15H14.C14H14.C12H12.C8H10.5CH4/c1-19-13-15-23-24-16-14-20(2)18-26(24)27(25(23)17-19,21-9-5-3-6-10-21)22-11-7-4-8-12-22;1-15-3-7-17(8-4-15)19-11-13-20(14-12-19)18-9-5-16(2)6-10-18;1-11-13-7-3-5-9-15(13)12(2)16-10-6-4-8-14(11)16;1-15(2)13-9-5-3-7-11(13)12-8-4-6-10-14(12)15;1-11-3-7-13(8-4-11)14-9-5-12(2)6-10-14;1-9-7-8-10(2)12-6-4-3-5-11(9)12;1-7-3-5-8(2)6-4-7;;;;;/h3-18H,1-2H3;3-14H,1-2H3;3-10H,1-2H3;3-10H,1-2H3;3-10H,1-2H3;3-8H,1-2H3;3-6H,1-2H3;5*1H4. The van der Waals surface area contributed by atoms with Gasteiger partial charge < -0.3 is 0 Å². The monoisotopic (exact) mass is 1530 g/mol. The van der Waals surface area contributed by atoms with Gasteiger partial charge in [0, 0.05) is 5.41 Å². The molecule has 0 bridgehead atoms. The third-order valence-electron chi connectivity index (χ3n) is 22.5. The highest BCUT2D eigenvalue weighted by molar-refractivity contribution is 6.05. The highest BCUT2D eigenvalue weighted by Gasteiger charge is 2.46. The van der Waals surface area contributed by atoms with Gasteiger partial charge in [-0.1, -0.05) is 472 Å². The molecule has 0 heteroatoms. The molecule has 0 unspecified atom stereocenters. The topological polar surface area (TPSA) is 0 Å². The number of benzene rings is 17. The first-order chi connectivity index (χ1) is 54.3. The SMILES string of the molecule is C.C.C.C.C.CC1(C)c2ccccc2-c2ccccc21.Cc1c2ccccc2c(C)c2ccccc12.Cc1ccc(-c2ccc(-c3ccc(C)cc3)cc2)cc1.Cc1ccc(-c2ccc(C)cc2)cc1.Cc1ccc(C)c2ccccc12.Cc1ccc(C)cc1.Cc1ccc2c(c1)C(c1ccccc1)(c1ccccc1)c1cc(C)ccc1-2. The van der Waals surface area contributed by atoms with Crippen LogP contribution in [-0.2, 0) is 10.8 Å². The zero-order chi connectivity index (χ0) is 78.5. The number of aryl methyl sites for hydroxylation is 12. The molecule has 0 amide bonds. The van der Waals surface area contributed by atoms with Crippen LogP contribution in [-0.4, -0.2) is 0 Å². The summed E-state index contributed by atoms with van der Waals surface area (Å²) >= 11 is 0. The minimum atomic E-state index is -0.273. The van der Waals surface area contributed by atoms with Crippen molar-refractivity contribution in [3.05, 3.63) is 476 Å². The highest BCUT2D eigenvalue weighted by Crippen LogP contribution is 2.57. The van der Waals surface area contributed by atoms with Gasteiger partial charge in [-0.3, -0.25) is 0 Å². The van der Waals surface area contributed by atoms with E-state index < -0.39 is 0 Å². The minimum Gasteiger partial charge on any atom is -0.0776 e. The van der Waals surface area contributed by atoms with Crippen LogP contribution in [0.4, 0.5) is 0 Å². The van der Waals surface area contributed by atoms with E-state index in [0.29, 0.717) is 0 Å². The van der Waals surface area contributed by atoms with Gasteiger partial charge in [0.2, 0.25) is 0 Å². The van der Waals surface area contributed by atoms with Crippen molar-refractivity contribution >= 4 is 32.3 Å². The van der Waals surface area contributed by atoms with Crippen molar-refractivity contribution < 1.29 is 0 Å². The van der Waals surface area contributed by atoms with Crippen LogP contribution in [0.25, 0.3) is 88.0 Å². The average molecular weight is 1530 g/mol. The number of hydrogen-bond acceptors (Lipinski definition) is 0. The second-order valence-electron chi connectivity index (χ2n) is 31.1. The van der Waals surface area contributed by atoms with Crippen LogP contribution < -0.4 is 0 Å². The molecule has 0 saturated carbocycles. The first-order valence-corrected chi connectivity index (χ1v) is 39.5. The molecule has 0 atom stereocenters. The van der Waals surface area contributed by atoms with E-state index in [1.165, 1.54) is 188 Å². The number of hydrogen-bond donors (Lipinski definition) is 0. The Morgan fingerprint density at radius 1 is 0.171 bits per heavy atom. The molecule has 0 nitrogen and oxygen atoms in total. The molecule has 0 fully saturated rings. The van der Waals surface area contributed by atoms with E-state index in [1.54, 1.807) is 0 Å². The predicted octanol–water partition coefficient (Wildman–Crippen LogP) is 33.8. The van der Waals surface area contributed by atoms with Gasteiger partial charge in [0.25, 0.3) is 0 Å².